The summed E-state index contributed by atoms with van der Waals surface area (Å²) >= 11 is 0. The van der Waals surface area contributed by atoms with Gasteiger partial charge in [-0.15, -0.1) is 0 Å². The highest BCUT2D eigenvalue weighted by Gasteiger charge is 2.22. The third kappa shape index (κ3) is 7.34. The minimum Gasteiger partial charge on any atom is -0.316 e. The van der Waals surface area contributed by atoms with Crippen LogP contribution in [-0.2, 0) is 0 Å². The molecule has 2 N–H and O–H groups in total. The SMILES string of the molecule is CC(C)CCCNCC(C)(C)CN1CCNCC1. The van der Waals surface area contributed by atoms with Crippen LogP contribution in [0.4, 0.5) is 0 Å². The second-order valence-corrected chi connectivity index (χ2v) is 6.90. The number of nitrogens with zero attached hydrogens (tertiary/aromatic N) is 1. The molecule has 1 rings (SSSR count). The van der Waals surface area contributed by atoms with Crippen LogP contribution in [0.5, 0.6) is 0 Å². The second kappa shape index (κ2) is 8.13. The van der Waals surface area contributed by atoms with E-state index in [-0.39, 0.29) is 0 Å². The van der Waals surface area contributed by atoms with Gasteiger partial charge in [0.25, 0.3) is 0 Å². The molecule has 1 saturated heterocycles. The van der Waals surface area contributed by atoms with Crippen LogP contribution < -0.4 is 10.6 Å². The summed E-state index contributed by atoms with van der Waals surface area (Å²) < 4.78 is 0. The Kier molecular flexibility index (Phi) is 7.20. The Labute approximate surface area is 114 Å². The number of piperazine rings is 1. The van der Waals surface area contributed by atoms with Crippen molar-refractivity contribution in [2.75, 3.05) is 45.8 Å². The monoisotopic (exact) mass is 255 g/mol. The number of hydrogen-bond donors (Lipinski definition) is 2. The third-order valence-corrected chi connectivity index (χ3v) is 3.60. The molecule has 18 heavy (non-hydrogen) atoms. The molecule has 0 aromatic heterocycles. The molecule has 1 heterocycles. The molecule has 0 unspecified atom stereocenters. The Hall–Kier alpha value is -0.120. The number of rotatable bonds is 8. The van der Waals surface area contributed by atoms with Gasteiger partial charge in [0.1, 0.15) is 0 Å². The summed E-state index contributed by atoms with van der Waals surface area (Å²) in [5.41, 5.74) is 0.384. The molecule has 3 nitrogen and oxygen atoms in total. The van der Waals surface area contributed by atoms with Crippen molar-refractivity contribution in [1.82, 2.24) is 15.5 Å². The van der Waals surface area contributed by atoms with Gasteiger partial charge in [-0.2, -0.15) is 0 Å². The van der Waals surface area contributed by atoms with Crippen molar-refractivity contribution in [3.63, 3.8) is 0 Å². The standard InChI is InChI=1S/C15H33N3/c1-14(2)6-5-7-17-12-15(3,4)13-18-10-8-16-9-11-18/h14,16-17H,5-13H2,1-4H3. The van der Waals surface area contributed by atoms with Crippen LogP contribution in [0.1, 0.15) is 40.5 Å². The fraction of sp³-hybridized carbons (Fsp3) is 1.00. The van der Waals surface area contributed by atoms with Crippen molar-refractivity contribution >= 4 is 0 Å². The quantitative estimate of drug-likeness (QED) is 0.649. The maximum absolute atomic E-state index is 3.63. The average Bonchev–Trinajstić information content (AvgIpc) is 2.28. The summed E-state index contributed by atoms with van der Waals surface area (Å²) in [7, 11) is 0. The van der Waals surface area contributed by atoms with E-state index in [1.54, 1.807) is 0 Å². The maximum atomic E-state index is 3.63. The fourth-order valence-corrected chi connectivity index (χ4v) is 2.59. The van der Waals surface area contributed by atoms with Crippen LogP contribution in [0.3, 0.4) is 0 Å². The van der Waals surface area contributed by atoms with Gasteiger partial charge in [0.05, 0.1) is 0 Å². The average molecular weight is 255 g/mol. The summed E-state index contributed by atoms with van der Waals surface area (Å²) in [6, 6.07) is 0. The molecule has 1 aliphatic rings. The van der Waals surface area contributed by atoms with Crippen LogP contribution in [0.2, 0.25) is 0 Å². The molecule has 0 radical (unpaired) electrons. The number of hydrogen-bond acceptors (Lipinski definition) is 3. The highest BCUT2D eigenvalue weighted by molar-refractivity contribution is 4.79. The van der Waals surface area contributed by atoms with Gasteiger partial charge in [-0.25, -0.2) is 0 Å². The van der Waals surface area contributed by atoms with Gasteiger partial charge in [0.2, 0.25) is 0 Å². The first kappa shape index (κ1) is 15.9. The molecule has 0 saturated carbocycles. The molecule has 1 fully saturated rings. The van der Waals surface area contributed by atoms with Gasteiger partial charge in [-0.1, -0.05) is 27.7 Å². The molecular weight excluding hydrogens is 222 g/mol. The molecule has 0 atom stereocenters. The summed E-state index contributed by atoms with van der Waals surface area (Å²) in [5.74, 6) is 0.834. The van der Waals surface area contributed by atoms with Crippen molar-refractivity contribution in [2.24, 2.45) is 11.3 Å². The first-order valence-corrected chi connectivity index (χ1v) is 7.63. The van der Waals surface area contributed by atoms with E-state index in [1.165, 1.54) is 39.0 Å². The zero-order chi connectivity index (χ0) is 13.4. The Morgan fingerprint density at radius 2 is 1.89 bits per heavy atom. The molecule has 0 bridgehead atoms. The van der Waals surface area contributed by atoms with E-state index < -0.39 is 0 Å². The minimum absolute atomic E-state index is 0.384. The van der Waals surface area contributed by atoms with Crippen LogP contribution in [0.25, 0.3) is 0 Å². The highest BCUT2D eigenvalue weighted by Crippen LogP contribution is 2.16. The zero-order valence-electron chi connectivity index (χ0n) is 12.9. The molecule has 108 valence electrons. The van der Waals surface area contributed by atoms with Crippen molar-refractivity contribution < 1.29 is 0 Å². The van der Waals surface area contributed by atoms with Crippen molar-refractivity contribution in [2.45, 2.75) is 40.5 Å². The largest absolute Gasteiger partial charge is 0.316 e. The third-order valence-electron chi connectivity index (χ3n) is 3.60. The second-order valence-electron chi connectivity index (χ2n) is 6.90. The molecule has 1 aliphatic heterocycles. The van der Waals surface area contributed by atoms with E-state index in [4.69, 9.17) is 0 Å². The van der Waals surface area contributed by atoms with E-state index in [0.717, 1.165) is 25.6 Å². The predicted molar refractivity (Wildman–Crippen MR) is 80.0 cm³/mol. The zero-order valence-corrected chi connectivity index (χ0v) is 12.9. The summed E-state index contributed by atoms with van der Waals surface area (Å²) in [6.07, 6.45) is 2.65. The Bertz CT molecular complexity index is 208. The van der Waals surface area contributed by atoms with Gasteiger partial charge in [-0.05, 0) is 30.7 Å². The van der Waals surface area contributed by atoms with Gasteiger partial charge in [0, 0.05) is 39.3 Å². The van der Waals surface area contributed by atoms with E-state index in [1.807, 2.05) is 0 Å². The van der Waals surface area contributed by atoms with Crippen molar-refractivity contribution in [1.29, 1.82) is 0 Å². The summed E-state index contributed by atoms with van der Waals surface area (Å²) in [4.78, 5) is 2.59. The van der Waals surface area contributed by atoms with Gasteiger partial charge in [0.15, 0.2) is 0 Å². The molecular formula is C15H33N3. The first-order chi connectivity index (χ1) is 8.49. The summed E-state index contributed by atoms with van der Waals surface area (Å²) in [5, 5.41) is 7.04. The molecule has 0 aromatic carbocycles. The Morgan fingerprint density at radius 1 is 1.22 bits per heavy atom. The van der Waals surface area contributed by atoms with Gasteiger partial charge in [-0.3, -0.25) is 0 Å². The lowest BCUT2D eigenvalue weighted by Crippen LogP contribution is -2.48. The van der Waals surface area contributed by atoms with Crippen molar-refractivity contribution in [3.05, 3.63) is 0 Å². The van der Waals surface area contributed by atoms with Crippen LogP contribution in [0.15, 0.2) is 0 Å². The molecule has 0 amide bonds. The fourth-order valence-electron chi connectivity index (χ4n) is 2.59. The maximum Gasteiger partial charge on any atom is 0.0108 e. The van der Waals surface area contributed by atoms with Gasteiger partial charge >= 0.3 is 0 Å². The van der Waals surface area contributed by atoms with Gasteiger partial charge < -0.3 is 15.5 Å². The highest BCUT2D eigenvalue weighted by atomic mass is 15.2. The topological polar surface area (TPSA) is 27.3 Å². The normalized spacial score (nSPS) is 18.5. The van der Waals surface area contributed by atoms with Crippen molar-refractivity contribution in [3.8, 4) is 0 Å². The summed E-state index contributed by atoms with van der Waals surface area (Å²) in [6.45, 7) is 17.6. The lowest BCUT2D eigenvalue weighted by Gasteiger charge is -2.35. The lowest BCUT2D eigenvalue weighted by atomic mass is 9.92. The number of nitrogens with one attached hydrogen (secondary N) is 2. The minimum atomic E-state index is 0.384. The predicted octanol–water partition coefficient (Wildman–Crippen LogP) is 1.94. The smallest absolute Gasteiger partial charge is 0.0108 e. The molecule has 0 spiro atoms. The molecule has 3 heteroatoms. The van der Waals surface area contributed by atoms with E-state index in [9.17, 15) is 0 Å². The van der Waals surface area contributed by atoms with E-state index in [2.05, 4.69) is 43.2 Å². The first-order valence-electron chi connectivity index (χ1n) is 7.63. The van der Waals surface area contributed by atoms with E-state index in [0.29, 0.717) is 5.41 Å². The molecule has 0 aliphatic carbocycles. The Balaban J connectivity index is 2.10. The van der Waals surface area contributed by atoms with E-state index >= 15 is 0 Å². The van der Waals surface area contributed by atoms with Crippen LogP contribution in [0, 0.1) is 11.3 Å². The Morgan fingerprint density at radius 3 is 2.50 bits per heavy atom. The van der Waals surface area contributed by atoms with Crippen LogP contribution >= 0.6 is 0 Å². The lowest BCUT2D eigenvalue weighted by molar-refractivity contribution is 0.158. The van der Waals surface area contributed by atoms with Crippen LogP contribution in [-0.4, -0.2) is 50.7 Å². The molecule has 0 aromatic rings.